The number of benzene rings is 1. The van der Waals surface area contributed by atoms with Gasteiger partial charge in [-0.2, -0.15) is 0 Å². The fourth-order valence-electron chi connectivity index (χ4n) is 1.55. The molecular weight excluding hydrogens is 272 g/mol. The van der Waals surface area contributed by atoms with Gasteiger partial charge in [-0.1, -0.05) is 48.6 Å². The normalized spacial score (nSPS) is 14.0. The maximum absolute atomic E-state index is 11.6. The number of amides is 2. The average Bonchev–Trinajstić information content (AvgIpc) is 2.49. The Morgan fingerprint density at radius 2 is 1.86 bits per heavy atom. The molecule has 2 atom stereocenters. The van der Waals surface area contributed by atoms with Crippen molar-refractivity contribution in [1.29, 1.82) is 0 Å². The molecule has 6 nitrogen and oxygen atoms in total. The van der Waals surface area contributed by atoms with E-state index in [-0.39, 0.29) is 0 Å². The van der Waals surface area contributed by atoms with E-state index < -0.39 is 24.0 Å². The molecule has 4 N–H and O–H groups in total. The summed E-state index contributed by atoms with van der Waals surface area (Å²) in [5, 5.41) is 20.2. The Morgan fingerprint density at radius 3 is 2.43 bits per heavy atom. The van der Waals surface area contributed by atoms with Crippen LogP contribution in [0.5, 0.6) is 0 Å². The first-order chi connectivity index (χ1) is 10.0. The summed E-state index contributed by atoms with van der Waals surface area (Å²) in [4.78, 5) is 22.8. The molecule has 0 radical (unpaired) electrons. The summed E-state index contributed by atoms with van der Waals surface area (Å²) in [6.07, 6.45) is 5.10. The molecule has 0 aromatic heterocycles. The van der Waals surface area contributed by atoms with Crippen LogP contribution in [0.3, 0.4) is 0 Å². The second-order valence-electron chi connectivity index (χ2n) is 4.33. The number of aliphatic hydroxyl groups is 1. The number of allylic oxidation sites excluding steroid dienone is 2. The number of hydroxylamine groups is 1. The predicted molar refractivity (Wildman–Crippen MR) is 78.2 cm³/mol. The van der Waals surface area contributed by atoms with Gasteiger partial charge >= 0.3 is 0 Å². The molecule has 0 fully saturated rings. The van der Waals surface area contributed by atoms with Crippen molar-refractivity contribution in [1.82, 2.24) is 10.8 Å². The molecule has 0 bridgehead atoms. The van der Waals surface area contributed by atoms with Gasteiger partial charge in [-0.05, 0) is 12.5 Å². The number of aliphatic hydroxyl groups excluding tert-OH is 1. The maximum atomic E-state index is 11.6. The number of carbonyl (C=O) groups is 2. The first-order valence-electron chi connectivity index (χ1n) is 6.37. The number of carbonyl (C=O) groups excluding carboxylic acids is 2. The van der Waals surface area contributed by atoms with Gasteiger partial charge in [0.05, 0.1) is 6.10 Å². The van der Waals surface area contributed by atoms with Crippen molar-refractivity contribution in [3.8, 4) is 0 Å². The van der Waals surface area contributed by atoms with Gasteiger partial charge in [-0.25, -0.2) is 5.48 Å². The molecule has 21 heavy (non-hydrogen) atoms. The van der Waals surface area contributed by atoms with E-state index in [0.29, 0.717) is 0 Å². The first kappa shape index (κ1) is 16.6. The summed E-state index contributed by atoms with van der Waals surface area (Å²) in [6.45, 7) is 1.33. The maximum Gasteiger partial charge on any atom is 0.268 e. The van der Waals surface area contributed by atoms with Crippen LogP contribution < -0.4 is 10.8 Å². The van der Waals surface area contributed by atoms with Crippen LogP contribution in [0.25, 0.3) is 6.08 Å². The average molecular weight is 290 g/mol. The highest BCUT2D eigenvalue weighted by Crippen LogP contribution is 2.00. The Morgan fingerprint density at radius 1 is 1.19 bits per heavy atom. The third kappa shape index (κ3) is 6.03. The third-order valence-corrected chi connectivity index (χ3v) is 2.62. The quantitative estimate of drug-likeness (QED) is 0.267. The third-order valence-electron chi connectivity index (χ3n) is 2.62. The zero-order valence-corrected chi connectivity index (χ0v) is 11.6. The van der Waals surface area contributed by atoms with Crippen LogP contribution in [0.1, 0.15) is 12.5 Å². The second kappa shape index (κ2) is 8.68. The molecule has 0 saturated heterocycles. The van der Waals surface area contributed by atoms with Gasteiger partial charge in [0.1, 0.15) is 6.04 Å². The summed E-state index contributed by atoms with van der Waals surface area (Å²) >= 11 is 0. The van der Waals surface area contributed by atoms with E-state index in [2.05, 4.69) is 5.32 Å². The summed E-state index contributed by atoms with van der Waals surface area (Å²) in [5.74, 6) is -1.44. The van der Waals surface area contributed by atoms with Gasteiger partial charge in [0.15, 0.2) is 0 Å². The van der Waals surface area contributed by atoms with Crippen molar-refractivity contribution in [3.05, 3.63) is 54.1 Å². The van der Waals surface area contributed by atoms with Crippen molar-refractivity contribution in [2.45, 2.75) is 19.1 Å². The molecule has 0 unspecified atom stereocenters. The molecule has 1 aromatic carbocycles. The molecule has 6 heteroatoms. The largest absolute Gasteiger partial charge is 0.391 e. The summed E-state index contributed by atoms with van der Waals surface area (Å²) in [7, 11) is 0. The van der Waals surface area contributed by atoms with E-state index in [1.165, 1.54) is 24.6 Å². The van der Waals surface area contributed by atoms with Crippen molar-refractivity contribution in [2.75, 3.05) is 0 Å². The van der Waals surface area contributed by atoms with E-state index in [0.717, 1.165) is 5.56 Å². The summed E-state index contributed by atoms with van der Waals surface area (Å²) in [5.41, 5.74) is 2.38. The fourth-order valence-corrected chi connectivity index (χ4v) is 1.55. The van der Waals surface area contributed by atoms with Crippen LogP contribution in [-0.2, 0) is 9.59 Å². The molecule has 0 aliphatic carbocycles. The van der Waals surface area contributed by atoms with Crippen LogP contribution in [0.15, 0.2) is 48.6 Å². The topological polar surface area (TPSA) is 98.7 Å². The minimum atomic E-state index is -1.22. The predicted octanol–water partition coefficient (Wildman–Crippen LogP) is 0.627. The van der Waals surface area contributed by atoms with E-state index in [1.54, 1.807) is 6.08 Å². The number of rotatable bonds is 6. The molecule has 2 amide bonds. The highest BCUT2D eigenvalue weighted by atomic mass is 16.5. The number of hydrogen-bond donors (Lipinski definition) is 4. The highest BCUT2D eigenvalue weighted by Gasteiger charge is 2.24. The second-order valence-corrected chi connectivity index (χ2v) is 4.33. The Bertz CT molecular complexity index is 524. The highest BCUT2D eigenvalue weighted by molar-refractivity contribution is 5.93. The molecule has 0 aliphatic heterocycles. The number of hydrogen-bond acceptors (Lipinski definition) is 4. The van der Waals surface area contributed by atoms with Gasteiger partial charge in [0, 0.05) is 6.08 Å². The van der Waals surface area contributed by atoms with E-state index in [1.807, 2.05) is 36.4 Å². The van der Waals surface area contributed by atoms with Gasteiger partial charge < -0.3 is 10.4 Å². The van der Waals surface area contributed by atoms with Crippen molar-refractivity contribution >= 4 is 17.9 Å². The molecule has 1 aromatic rings. The molecule has 0 saturated carbocycles. The Kier molecular flexibility index (Phi) is 6.86. The van der Waals surface area contributed by atoms with E-state index >= 15 is 0 Å². The van der Waals surface area contributed by atoms with E-state index in [9.17, 15) is 14.7 Å². The van der Waals surface area contributed by atoms with Crippen molar-refractivity contribution in [3.63, 3.8) is 0 Å². The molecule has 0 spiro atoms. The molecule has 0 aliphatic rings. The van der Waals surface area contributed by atoms with Crippen molar-refractivity contribution < 1.29 is 19.9 Å². The monoisotopic (exact) mass is 290 g/mol. The van der Waals surface area contributed by atoms with Gasteiger partial charge in [0.25, 0.3) is 5.91 Å². The first-order valence-corrected chi connectivity index (χ1v) is 6.37. The lowest BCUT2D eigenvalue weighted by Crippen LogP contribution is -2.51. The van der Waals surface area contributed by atoms with Gasteiger partial charge in [-0.15, -0.1) is 0 Å². The minimum Gasteiger partial charge on any atom is -0.391 e. The molecule has 112 valence electrons. The molecular formula is C15H18N2O4. The molecule has 1 rings (SSSR count). The zero-order chi connectivity index (χ0) is 15.7. The van der Waals surface area contributed by atoms with Crippen LogP contribution in [0.4, 0.5) is 0 Å². The van der Waals surface area contributed by atoms with E-state index in [4.69, 9.17) is 5.21 Å². The molecule has 0 heterocycles. The Labute approximate surface area is 122 Å². The van der Waals surface area contributed by atoms with Crippen molar-refractivity contribution in [2.24, 2.45) is 0 Å². The van der Waals surface area contributed by atoms with Gasteiger partial charge in [-0.3, -0.25) is 14.8 Å². The van der Waals surface area contributed by atoms with Crippen LogP contribution in [0.2, 0.25) is 0 Å². The Hall–Kier alpha value is -2.44. The van der Waals surface area contributed by atoms with Gasteiger partial charge in [0.2, 0.25) is 5.91 Å². The standard InChI is InChI=1S/C15H18N2O4/c1-11(18)14(15(20)17-21)16-13(19)10-6-5-9-12-7-3-2-4-8-12/h2-11,14,18,21H,1H3,(H,16,19)(H,17,20)/b9-5+,10-6+/t11-,14+/m1/s1. The zero-order valence-electron chi connectivity index (χ0n) is 11.6. The summed E-state index contributed by atoms with van der Waals surface area (Å²) < 4.78 is 0. The van der Waals surface area contributed by atoms with Crippen LogP contribution in [0, 0.1) is 0 Å². The summed E-state index contributed by atoms with van der Waals surface area (Å²) in [6, 6.07) is 8.32. The Balaban J connectivity index is 2.54. The lowest BCUT2D eigenvalue weighted by atomic mass is 10.1. The lowest BCUT2D eigenvalue weighted by Gasteiger charge is -2.17. The minimum absolute atomic E-state index is 0.554. The SMILES string of the molecule is C[C@@H](O)[C@H](NC(=O)/C=C/C=C/c1ccccc1)C(=O)NO. The smallest absolute Gasteiger partial charge is 0.268 e. The van der Waals surface area contributed by atoms with Crippen LogP contribution in [-0.4, -0.2) is 34.3 Å². The lowest BCUT2D eigenvalue weighted by molar-refractivity contribution is -0.136. The van der Waals surface area contributed by atoms with Crippen LogP contribution >= 0.6 is 0 Å². The number of nitrogens with one attached hydrogen (secondary N) is 2. The fraction of sp³-hybridized carbons (Fsp3) is 0.200.